The molecule has 0 amide bonds. The maximum atomic E-state index is 12.8. The molecule has 2 nitrogen and oxygen atoms in total. The molecule has 0 fully saturated rings. The highest BCUT2D eigenvalue weighted by Crippen LogP contribution is 2.09. The first-order valence-corrected chi connectivity index (χ1v) is 4.88. The summed E-state index contributed by atoms with van der Waals surface area (Å²) in [5, 5.41) is 3.82. The molecule has 0 unspecified atom stereocenters. The number of hydrogen-bond acceptors (Lipinski definition) is 2. The van der Waals surface area contributed by atoms with E-state index in [0.29, 0.717) is 6.61 Å². The summed E-state index contributed by atoms with van der Waals surface area (Å²) in [5.74, 6) is -0.254. The Hall–Kier alpha value is -1.38. The van der Waals surface area contributed by atoms with Crippen LogP contribution in [0.1, 0.15) is 26.3 Å². The van der Waals surface area contributed by atoms with E-state index in [1.54, 1.807) is 18.3 Å². The molecule has 0 saturated carbocycles. The summed E-state index contributed by atoms with van der Waals surface area (Å²) < 4.78 is 12.8. The van der Waals surface area contributed by atoms with E-state index in [2.05, 4.69) is 5.16 Å². The van der Waals surface area contributed by atoms with Gasteiger partial charge in [-0.1, -0.05) is 38.1 Å². The second-order valence-corrected chi connectivity index (χ2v) is 4.50. The van der Waals surface area contributed by atoms with Gasteiger partial charge in [-0.15, -0.1) is 0 Å². The van der Waals surface area contributed by atoms with Crippen LogP contribution < -0.4 is 0 Å². The molecule has 1 aromatic rings. The van der Waals surface area contributed by atoms with Crippen LogP contribution in [0.3, 0.4) is 0 Å². The van der Waals surface area contributed by atoms with Crippen molar-refractivity contribution in [3.63, 3.8) is 0 Å². The fourth-order valence-corrected chi connectivity index (χ4v) is 0.934. The van der Waals surface area contributed by atoms with Crippen LogP contribution in [0.4, 0.5) is 4.39 Å². The van der Waals surface area contributed by atoms with Gasteiger partial charge in [-0.2, -0.15) is 0 Å². The van der Waals surface area contributed by atoms with Crippen molar-refractivity contribution in [1.29, 1.82) is 0 Å². The van der Waals surface area contributed by atoms with E-state index in [1.807, 2.05) is 20.8 Å². The number of benzene rings is 1. The summed E-state index contributed by atoms with van der Waals surface area (Å²) >= 11 is 0. The van der Waals surface area contributed by atoms with Gasteiger partial charge in [-0.05, 0) is 17.7 Å². The Morgan fingerprint density at radius 3 is 2.73 bits per heavy atom. The Morgan fingerprint density at radius 1 is 1.40 bits per heavy atom. The van der Waals surface area contributed by atoms with Crippen molar-refractivity contribution in [2.45, 2.75) is 27.4 Å². The predicted molar refractivity (Wildman–Crippen MR) is 59.1 cm³/mol. The molecule has 82 valence electrons. The van der Waals surface area contributed by atoms with Crippen molar-refractivity contribution in [3.8, 4) is 0 Å². The highest BCUT2D eigenvalue weighted by atomic mass is 19.1. The van der Waals surface area contributed by atoms with Crippen LogP contribution in [-0.2, 0) is 11.4 Å². The quantitative estimate of drug-likeness (QED) is 0.552. The van der Waals surface area contributed by atoms with Crippen molar-refractivity contribution < 1.29 is 9.23 Å². The van der Waals surface area contributed by atoms with Gasteiger partial charge in [0.25, 0.3) is 0 Å². The van der Waals surface area contributed by atoms with Gasteiger partial charge in [0, 0.05) is 11.6 Å². The van der Waals surface area contributed by atoms with Crippen LogP contribution in [-0.4, -0.2) is 6.21 Å². The summed E-state index contributed by atoms with van der Waals surface area (Å²) in [6, 6.07) is 6.30. The Balaban J connectivity index is 2.42. The molecule has 0 aromatic heterocycles. The number of halogens is 1. The van der Waals surface area contributed by atoms with Gasteiger partial charge in [0.15, 0.2) is 0 Å². The molecule has 0 aliphatic heterocycles. The molecule has 0 spiro atoms. The predicted octanol–water partition coefficient (Wildman–Crippen LogP) is 3.37. The van der Waals surface area contributed by atoms with E-state index in [1.165, 1.54) is 12.1 Å². The topological polar surface area (TPSA) is 21.6 Å². The maximum absolute atomic E-state index is 12.8. The molecule has 0 N–H and O–H groups in total. The van der Waals surface area contributed by atoms with Crippen LogP contribution in [0.2, 0.25) is 0 Å². The minimum absolute atomic E-state index is 0.00192. The van der Waals surface area contributed by atoms with E-state index in [-0.39, 0.29) is 11.2 Å². The molecule has 1 aromatic carbocycles. The summed E-state index contributed by atoms with van der Waals surface area (Å²) in [4.78, 5) is 5.05. The summed E-state index contributed by atoms with van der Waals surface area (Å²) in [6.07, 6.45) is 1.73. The molecule has 0 radical (unpaired) electrons. The van der Waals surface area contributed by atoms with Gasteiger partial charge in [-0.3, -0.25) is 0 Å². The molecule has 0 heterocycles. The first-order chi connectivity index (χ1) is 6.97. The first kappa shape index (κ1) is 11.7. The second kappa shape index (κ2) is 4.91. The van der Waals surface area contributed by atoms with Gasteiger partial charge in [0.1, 0.15) is 12.4 Å². The average molecular weight is 209 g/mol. The van der Waals surface area contributed by atoms with Crippen LogP contribution in [0.25, 0.3) is 0 Å². The number of nitrogens with zero attached hydrogens (tertiary/aromatic N) is 1. The van der Waals surface area contributed by atoms with Crippen LogP contribution in [0, 0.1) is 11.2 Å². The van der Waals surface area contributed by atoms with Crippen molar-refractivity contribution >= 4 is 6.21 Å². The summed E-state index contributed by atoms with van der Waals surface area (Å²) in [6.45, 7) is 6.39. The van der Waals surface area contributed by atoms with Gasteiger partial charge in [-0.25, -0.2) is 4.39 Å². The Labute approximate surface area is 89.7 Å². The van der Waals surface area contributed by atoms with Gasteiger partial charge >= 0.3 is 0 Å². The lowest BCUT2D eigenvalue weighted by Crippen LogP contribution is -2.06. The average Bonchev–Trinajstić information content (AvgIpc) is 2.11. The Kier molecular flexibility index (Phi) is 3.83. The third kappa shape index (κ3) is 5.15. The largest absolute Gasteiger partial charge is 0.391 e. The second-order valence-electron chi connectivity index (χ2n) is 4.50. The van der Waals surface area contributed by atoms with Crippen LogP contribution >= 0.6 is 0 Å². The number of rotatable bonds is 3. The standard InChI is InChI=1S/C12H16FNO/c1-12(2,3)9-14-15-8-10-5-4-6-11(13)7-10/h4-7,9H,8H2,1-3H3/b14-9+. The minimum atomic E-state index is -0.254. The smallest absolute Gasteiger partial charge is 0.142 e. The minimum Gasteiger partial charge on any atom is -0.391 e. The van der Waals surface area contributed by atoms with Gasteiger partial charge < -0.3 is 4.84 Å². The monoisotopic (exact) mass is 209 g/mol. The van der Waals surface area contributed by atoms with Crippen molar-refractivity contribution in [1.82, 2.24) is 0 Å². The van der Waals surface area contributed by atoms with Gasteiger partial charge in [0.05, 0.1) is 0 Å². The SMILES string of the molecule is CC(C)(C)/C=N/OCc1cccc(F)c1. The lowest BCUT2D eigenvalue weighted by molar-refractivity contribution is 0.129. The van der Waals surface area contributed by atoms with E-state index < -0.39 is 0 Å². The number of hydrogen-bond donors (Lipinski definition) is 0. The van der Waals surface area contributed by atoms with Crippen LogP contribution in [0.5, 0.6) is 0 Å². The molecular formula is C12H16FNO. The van der Waals surface area contributed by atoms with E-state index in [4.69, 9.17) is 4.84 Å². The molecule has 0 aliphatic carbocycles. The number of oxime groups is 1. The molecule has 1 rings (SSSR count). The molecule has 15 heavy (non-hydrogen) atoms. The third-order valence-corrected chi connectivity index (χ3v) is 1.63. The zero-order chi connectivity index (χ0) is 11.3. The fourth-order valence-electron chi connectivity index (χ4n) is 0.934. The fraction of sp³-hybridized carbons (Fsp3) is 0.417. The highest BCUT2D eigenvalue weighted by molar-refractivity contribution is 5.63. The Bertz CT molecular complexity index is 342. The van der Waals surface area contributed by atoms with Crippen molar-refractivity contribution in [2.24, 2.45) is 10.6 Å². The van der Waals surface area contributed by atoms with Crippen LogP contribution in [0.15, 0.2) is 29.4 Å². The van der Waals surface area contributed by atoms with E-state index >= 15 is 0 Å². The van der Waals surface area contributed by atoms with E-state index in [9.17, 15) is 4.39 Å². The molecule has 0 saturated heterocycles. The lowest BCUT2D eigenvalue weighted by atomic mass is 10.00. The lowest BCUT2D eigenvalue weighted by Gasteiger charge is -2.09. The first-order valence-electron chi connectivity index (χ1n) is 4.88. The molecule has 0 bridgehead atoms. The van der Waals surface area contributed by atoms with E-state index in [0.717, 1.165) is 5.56 Å². The molecule has 0 atom stereocenters. The van der Waals surface area contributed by atoms with Crippen molar-refractivity contribution in [2.75, 3.05) is 0 Å². The van der Waals surface area contributed by atoms with Gasteiger partial charge in [0.2, 0.25) is 0 Å². The third-order valence-electron chi connectivity index (χ3n) is 1.63. The van der Waals surface area contributed by atoms with Crippen molar-refractivity contribution in [3.05, 3.63) is 35.6 Å². The zero-order valence-corrected chi connectivity index (χ0v) is 9.33. The highest BCUT2D eigenvalue weighted by Gasteiger charge is 2.05. The molecule has 0 aliphatic rings. The normalized spacial score (nSPS) is 12.0. The maximum Gasteiger partial charge on any atom is 0.142 e. The zero-order valence-electron chi connectivity index (χ0n) is 9.33. The Morgan fingerprint density at radius 2 is 2.13 bits per heavy atom. The summed E-state index contributed by atoms with van der Waals surface area (Å²) in [7, 11) is 0. The molecular weight excluding hydrogens is 193 g/mol. The summed E-state index contributed by atoms with van der Waals surface area (Å²) in [5.41, 5.74) is 0.781. The molecule has 3 heteroatoms.